The van der Waals surface area contributed by atoms with Crippen LogP contribution in [0.2, 0.25) is 5.02 Å². The molecule has 2 amide bonds. The summed E-state index contributed by atoms with van der Waals surface area (Å²) >= 11 is 5.88. The first-order chi connectivity index (χ1) is 16.9. The van der Waals surface area contributed by atoms with Gasteiger partial charge in [-0.25, -0.2) is 10.2 Å². The molecule has 1 aromatic heterocycles. The van der Waals surface area contributed by atoms with Crippen molar-refractivity contribution < 1.29 is 23.5 Å². The Hall–Kier alpha value is -3.91. The van der Waals surface area contributed by atoms with Crippen LogP contribution in [0.25, 0.3) is 0 Å². The Morgan fingerprint density at radius 2 is 1.69 bits per heavy atom. The molecule has 2 N–H and O–H groups in total. The van der Waals surface area contributed by atoms with E-state index in [1.165, 1.54) is 0 Å². The van der Waals surface area contributed by atoms with E-state index in [0.717, 1.165) is 12.0 Å². The number of fused-ring (bicyclic) bond motifs is 1. The molecule has 1 aliphatic carbocycles. The summed E-state index contributed by atoms with van der Waals surface area (Å²) in [6.07, 6.45) is 2.10. The van der Waals surface area contributed by atoms with Gasteiger partial charge in [0.2, 0.25) is 0 Å². The van der Waals surface area contributed by atoms with Crippen molar-refractivity contribution in [1.29, 1.82) is 0 Å². The second-order valence-electron chi connectivity index (χ2n) is 7.97. The molecule has 35 heavy (non-hydrogen) atoms. The van der Waals surface area contributed by atoms with Crippen molar-refractivity contribution >= 4 is 40.8 Å². The number of aryl methyl sites for hydroxylation is 1. The molecule has 9 heteroatoms. The summed E-state index contributed by atoms with van der Waals surface area (Å²) in [4.78, 5) is 37.2. The third-order valence-corrected chi connectivity index (χ3v) is 5.84. The van der Waals surface area contributed by atoms with E-state index in [4.69, 9.17) is 20.8 Å². The summed E-state index contributed by atoms with van der Waals surface area (Å²) in [5, 5.41) is 7.66. The molecule has 0 radical (unpaired) electrons. The molecule has 2 aromatic carbocycles. The van der Waals surface area contributed by atoms with Gasteiger partial charge in [0, 0.05) is 33.8 Å². The van der Waals surface area contributed by atoms with E-state index < -0.39 is 11.9 Å². The summed E-state index contributed by atoms with van der Waals surface area (Å²) in [7, 11) is 0. The number of rotatable bonds is 6. The van der Waals surface area contributed by atoms with Gasteiger partial charge in [-0.15, -0.1) is 0 Å². The van der Waals surface area contributed by atoms with Crippen LogP contribution in [0, 0.1) is 6.92 Å². The van der Waals surface area contributed by atoms with Crippen molar-refractivity contribution in [3.63, 3.8) is 0 Å². The number of carbonyl (C=O) groups excluding carboxylic acids is 3. The lowest BCUT2D eigenvalue weighted by Crippen LogP contribution is -2.22. The highest BCUT2D eigenvalue weighted by Crippen LogP contribution is 2.30. The highest BCUT2D eigenvalue weighted by atomic mass is 35.5. The molecule has 1 heterocycles. The van der Waals surface area contributed by atoms with E-state index in [0.29, 0.717) is 51.7 Å². The Labute approximate surface area is 207 Å². The zero-order chi connectivity index (χ0) is 24.9. The number of anilines is 1. The number of hydrazone groups is 1. The number of halogens is 1. The normalized spacial score (nSPS) is 13.7. The fourth-order valence-corrected chi connectivity index (χ4v) is 4.00. The van der Waals surface area contributed by atoms with Gasteiger partial charge in [0.05, 0.1) is 17.9 Å². The number of nitrogens with zero attached hydrogens (tertiary/aromatic N) is 1. The number of carbonyl (C=O) groups is 3. The number of hydrogen-bond donors (Lipinski definition) is 2. The fourth-order valence-electron chi connectivity index (χ4n) is 3.87. The molecule has 8 nitrogen and oxygen atoms in total. The molecular weight excluding hydrogens is 470 g/mol. The molecule has 1 aliphatic rings. The van der Waals surface area contributed by atoms with E-state index in [-0.39, 0.29) is 18.3 Å². The lowest BCUT2D eigenvalue weighted by atomic mass is 9.93. The molecule has 0 atom stereocenters. The predicted molar refractivity (Wildman–Crippen MR) is 132 cm³/mol. The Kier molecular flexibility index (Phi) is 7.31. The van der Waals surface area contributed by atoms with Gasteiger partial charge in [0.15, 0.2) is 5.76 Å². The van der Waals surface area contributed by atoms with E-state index in [1.54, 1.807) is 62.4 Å². The minimum absolute atomic E-state index is 0.183. The predicted octanol–water partition coefficient (Wildman–Crippen LogP) is 5.14. The number of amides is 2. The minimum Gasteiger partial charge on any atom is -0.462 e. The molecule has 0 spiro atoms. The van der Waals surface area contributed by atoms with Crippen molar-refractivity contribution in [1.82, 2.24) is 5.43 Å². The van der Waals surface area contributed by atoms with Crippen LogP contribution in [0.3, 0.4) is 0 Å². The molecule has 0 bridgehead atoms. The quantitative estimate of drug-likeness (QED) is 0.365. The van der Waals surface area contributed by atoms with Crippen LogP contribution in [-0.2, 0) is 11.2 Å². The third-order valence-electron chi connectivity index (χ3n) is 5.58. The maximum Gasteiger partial charge on any atom is 0.338 e. The first-order valence-corrected chi connectivity index (χ1v) is 11.6. The van der Waals surface area contributed by atoms with Gasteiger partial charge in [-0.1, -0.05) is 11.6 Å². The van der Waals surface area contributed by atoms with Gasteiger partial charge in [0.1, 0.15) is 5.76 Å². The van der Waals surface area contributed by atoms with Crippen molar-refractivity contribution in [2.75, 3.05) is 11.9 Å². The summed E-state index contributed by atoms with van der Waals surface area (Å²) in [6.45, 7) is 3.82. The topological polar surface area (TPSA) is 110 Å². The summed E-state index contributed by atoms with van der Waals surface area (Å²) < 4.78 is 10.9. The van der Waals surface area contributed by atoms with Crippen LogP contribution in [0.5, 0.6) is 0 Å². The van der Waals surface area contributed by atoms with Crippen molar-refractivity contribution in [2.24, 2.45) is 5.10 Å². The van der Waals surface area contributed by atoms with Crippen molar-refractivity contribution in [3.05, 3.63) is 87.3 Å². The third kappa shape index (κ3) is 5.44. The molecule has 0 fully saturated rings. The standard InChI is InChI=1S/C26H24ClN3O5/c1-3-34-26(33)17-9-13-19(14-10-17)28-25(32)23-15(2)22-20(5-4-6-21(22)35-23)29-30-24(31)16-7-11-18(27)12-8-16/h7-14H,3-6H2,1-2H3,(H,28,32)(H,30,31)/b29-20+. The van der Waals surface area contributed by atoms with E-state index >= 15 is 0 Å². The Balaban J connectivity index is 1.50. The van der Waals surface area contributed by atoms with Crippen LogP contribution in [0.1, 0.15) is 67.9 Å². The summed E-state index contributed by atoms with van der Waals surface area (Å²) in [5.74, 6) is -0.342. The van der Waals surface area contributed by atoms with Crippen LogP contribution in [0.15, 0.2) is 58.0 Å². The molecule has 180 valence electrons. The number of benzene rings is 2. The molecule has 0 saturated heterocycles. The summed E-state index contributed by atoms with van der Waals surface area (Å²) in [6, 6.07) is 12.9. The lowest BCUT2D eigenvalue weighted by Gasteiger charge is -2.13. The van der Waals surface area contributed by atoms with Gasteiger partial charge in [-0.3, -0.25) is 9.59 Å². The average Bonchev–Trinajstić information content (AvgIpc) is 3.20. The number of hydrogen-bond acceptors (Lipinski definition) is 6. The van der Waals surface area contributed by atoms with Crippen LogP contribution in [-0.4, -0.2) is 30.1 Å². The number of ether oxygens (including phenoxy) is 1. The summed E-state index contributed by atoms with van der Waals surface area (Å²) in [5.41, 5.74) is 5.99. The molecule has 3 aromatic rings. The van der Waals surface area contributed by atoms with Crippen molar-refractivity contribution in [3.8, 4) is 0 Å². The minimum atomic E-state index is -0.421. The second kappa shape index (κ2) is 10.6. The number of esters is 1. The zero-order valence-corrected chi connectivity index (χ0v) is 20.1. The van der Waals surface area contributed by atoms with Gasteiger partial charge in [-0.05, 0) is 75.2 Å². The first-order valence-electron chi connectivity index (χ1n) is 11.2. The van der Waals surface area contributed by atoms with Gasteiger partial charge in [0.25, 0.3) is 11.8 Å². The van der Waals surface area contributed by atoms with Crippen LogP contribution in [0.4, 0.5) is 5.69 Å². The fraction of sp³-hybridized carbons (Fsp3) is 0.231. The molecule has 0 aliphatic heterocycles. The monoisotopic (exact) mass is 493 g/mol. The Morgan fingerprint density at radius 1 is 1.00 bits per heavy atom. The largest absolute Gasteiger partial charge is 0.462 e. The number of furan rings is 1. The van der Waals surface area contributed by atoms with E-state index in [9.17, 15) is 14.4 Å². The maximum atomic E-state index is 12.9. The Bertz CT molecular complexity index is 1290. The Morgan fingerprint density at radius 3 is 2.37 bits per heavy atom. The average molecular weight is 494 g/mol. The van der Waals surface area contributed by atoms with Gasteiger partial charge in [-0.2, -0.15) is 5.10 Å². The molecular formula is C26H24ClN3O5. The second-order valence-corrected chi connectivity index (χ2v) is 8.40. The highest BCUT2D eigenvalue weighted by Gasteiger charge is 2.28. The molecule has 0 saturated carbocycles. The SMILES string of the molecule is CCOC(=O)c1ccc(NC(=O)c2oc3c(c2C)/C(=N/NC(=O)c2ccc(Cl)cc2)CCC3)cc1. The van der Waals surface area contributed by atoms with Gasteiger partial charge >= 0.3 is 5.97 Å². The first kappa shape index (κ1) is 24.2. The van der Waals surface area contributed by atoms with Crippen LogP contribution < -0.4 is 10.7 Å². The van der Waals surface area contributed by atoms with Gasteiger partial charge < -0.3 is 14.5 Å². The van der Waals surface area contributed by atoms with E-state index in [1.807, 2.05) is 0 Å². The molecule has 0 unspecified atom stereocenters. The smallest absolute Gasteiger partial charge is 0.338 e. The zero-order valence-electron chi connectivity index (χ0n) is 19.3. The van der Waals surface area contributed by atoms with E-state index in [2.05, 4.69) is 15.8 Å². The van der Waals surface area contributed by atoms with Crippen molar-refractivity contribution in [2.45, 2.75) is 33.1 Å². The van der Waals surface area contributed by atoms with Crippen LogP contribution >= 0.6 is 11.6 Å². The lowest BCUT2D eigenvalue weighted by molar-refractivity contribution is 0.0526. The highest BCUT2D eigenvalue weighted by molar-refractivity contribution is 6.30. The maximum absolute atomic E-state index is 12.9. The number of nitrogens with one attached hydrogen (secondary N) is 2. The molecule has 4 rings (SSSR count).